The van der Waals surface area contributed by atoms with Crippen molar-refractivity contribution >= 4 is 59.7 Å². The summed E-state index contributed by atoms with van der Waals surface area (Å²) in [6.45, 7) is 3.52. The molecule has 11 nitrogen and oxygen atoms in total. The number of carbonyl (C=O) groups excluding carboxylic acids is 2. The summed E-state index contributed by atoms with van der Waals surface area (Å²) in [7, 11) is -2.43. The van der Waals surface area contributed by atoms with Crippen molar-refractivity contribution in [2.45, 2.75) is 36.7 Å². The number of H-pyrrole nitrogens is 1. The number of aromatic amines is 1. The molecular weight excluding hydrogens is 705 g/mol. The summed E-state index contributed by atoms with van der Waals surface area (Å²) in [5.41, 5.74) is 4.21. The van der Waals surface area contributed by atoms with Gasteiger partial charge in [0.1, 0.15) is 6.04 Å². The Morgan fingerprint density at radius 3 is 2.37 bits per heavy atom. The van der Waals surface area contributed by atoms with E-state index in [0.717, 1.165) is 10.3 Å². The molecule has 2 amide bonds. The summed E-state index contributed by atoms with van der Waals surface area (Å²) in [5.74, 6) is -1.48. The lowest BCUT2D eigenvalue weighted by Crippen LogP contribution is -2.51. The van der Waals surface area contributed by atoms with E-state index in [2.05, 4.69) is 20.3 Å². The molecule has 264 valence electrons. The van der Waals surface area contributed by atoms with Gasteiger partial charge in [-0.05, 0) is 53.9 Å². The Morgan fingerprint density at radius 2 is 1.71 bits per heavy atom. The van der Waals surface area contributed by atoms with Crippen LogP contribution < -0.4 is 10.2 Å². The Kier molecular flexibility index (Phi) is 11.1. The highest BCUT2D eigenvalue weighted by Gasteiger charge is 2.38. The number of hydrogen-bond donors (Lipinski definition) is 3. The van der Waals surface area contributed by atoms with Crippen LogP contribution in [0, 0.1) is 5.92 Å². The molecule has 0 saturated heterocycles. The van der Waals surface area contributed by atoms with Crippen LogP contribution >= 0.6 is 22.7 Å². The summed E-state index contributed by atoms with van der Waals surface area (Å²) in [6.07, 6.45) is 3.17. The highest BCUT2D eigenvalue weighted by molar-refractivity contribution is 7.89. The van der Waals surface area contributed by atoms with Gasteiger partial charge in [0.15, 0.2) is 0 Å². The van der Waals surface area contributed by atoms with Gasteiger partial charge in [0.25, 0.3) is 11.8 Å². The smallest absolute Gasteiger partial charge is 0.251 e. The zero-order valence-electron chi connectivity index (χ0n) is 28.2. The molecule has 3 aromatic carbocycles. The molecule has 3 N–H and O–H groups in total. The third kappa shape index (κ3) is 7.80. The van der Waals surface area contributed by atoms with Crippen molar-refractivity contribution in [2.75, 3.05) is 25.1 Å². The van der Waals surface area contributed by atoms with Crippen molar-refractivity contribution in [3.05, 3.63) is 131 Å². The maximum absolute atomic E-state index is 14.6. The molecular formula is C37H38N6O5S3. The molecule has 0 spiro atoms. The Morgan fingerprint density at radius 1 is 0.980 bits per heavy atom. The molecule has 14 heteroatoms. The number of imidazole rings is 1. The molecule has 0 bridgehead atoms. The van der Waals surface area contributed by atoms with Gasteiger partial charge in [0.2, 0.25) is 10.0 Å². The van der Waals surface area contributed by atoms with E-state index in [0.29, 0.717) is 26.7 Å². The number of benzene rings is 3. The van der Waals surface area contributed by atoms with Crippen LogP contribution in [0.25, 0.3) is 10.2 Å². The van der Waals surface area contributed by atoms with Gasteiger partial charge in [0, 0.05) is 35.9 Å². The molecule has 6 rings (SSSR count). The highest BCUT2D eigenvalue weighted by atomic mass is 32.2. The minimum Gasteiger partial charge on any atom is -0.394 e. The van der Waals surface area contributed by atoms with Gasteiger partial charge in [-0.3, -0.25) is 9.59 Å². The number of carbonyl (C=O) groups is 2. The van der Waals surface area contributed by atoms with Crippen LogP contribution in [0.1, 0.15) is 52.3 Å². The van der Waals surface area contributed by atoms with Crippen molar-refractivity contribution in [3.63, 3.8) is 0 Å². The Hall–Kier alpha value is -4.73. The van der Waals surface area contributed by atoms with Gasteiger partial charge in [-0.2, -0.15) is 4.31 Å². The van der Waals surface area contributed by atoms with E-state index >= 15 is 0 Å². The Balaban J connectivity index is 1.34. The van der Waals surface area contributed by atoms with Crippen LogP contribution in [-0.2, 0) is 14.8 Å². The first-order chi connectivity index (χ1) is 24.6. The van der Waals surface area contributed by atoms with Crippen LogP contribution in [0.15, 0.2) is 114 Å². The second-order valence-electron chi connectivity index (χ2n) is 12.4. The fraction of sp³-hybridized carbons (Fsp3) is 0.243. The average molecular weight is 743 g/mol. The molecule has 3 aromatic heterocycles. The third-order valence-corrected chi connectivity index (χ3v) is 12.4. The largest absolute Gasteiger partial charge is 0.394 e. The van der Waals surface area contributed by atoms with Crippen LogP contribution in [0.5, 0.6) is 0 Å². The summed E-state index contributed by atoms with van der Waals surface area (Å²) >= 11 is 2.56. The zero-order valence-corrected chi connectivity index (χ0v) is 30.7. The van der Waals surface area contributed by atoms with E-state index in [1.165, 1.54) is 44.3 Å². The molecule has 51 heavy (non-hydrogen) atoms. The first kappa shape index (κ1) is 36.1. The van der Waals surface area contributed by atoms with Crippen molar-refractivity contribution in [2.24, 2.45) is 5.92 Å². The number of hydrogen-bond acceptors (Lipinski definition) is 9. The summed E-state index contributed by atoms with van der Waals surface area (Å²) < 4.78 is 30.4. The number of aromatic nitrogens is 3. The van der Waals surface area contributed by atoms with Crippen LogP contribution in [0.2, 0.25) is 0 Å². The van der Waals surface area contributed by atoms with Gasteiger partial charge in [-0.1, -0.05) is 62.4 Å². The number of amides is 2. The number of aliphatic hydroxyl groups is 1. The highest BCUT2D eigenvalue weighted by Crippen LogP contribution is 2.37. The second kappa shape index (κ2) is 15.7. The monoisotopic (exact) mass is 742 g/mol. The number of anilines is 1. The van der Waals surface area contributed by atoms with Crippen molar-refractivity contribution in [1.29, 1.82) is 0 Å². The number of sulfonamides is 1. The summed E-state index contributed by atoms with van der Waals surface area (Å²) in [6, 6.07) is 24.4. The number of fused-ring (bicyclic) bond motifs is 1. The predicted molar refractivity (Wildman–Crippen MR) is 200 cm³/mol. The maximum atomic E-state index is 14.6. The number of nitrogens with zero attached hydrogens (tertiary/aromatic N) is 4. The van der Waals surface area contributed by atoms with Gasteiger partial charge in [0.05, 0.1) is 50.5 Å². The average Bonchev–Trinajstić information content (AvgIpc) is 3.94. The van der Waals surface area contributed by atoms with Crippen LogP contribution in [0.3, 0.4) is 0 Å². The Bertz CT molecular complexity index is 2190. The number of thiophene rings is 1. The van der Waals surface area contributed by atoms with E-state index in [-0.39, 0.29) is 17.4 Å². The molecule has 3 heterocycles. The van der Waals surface area contributed by atoms with Crippen molar-refractivity contribution in [1.82, 2.24) is 24.6 Å². The van der Waals surface area contributed by atoms with Crippen LogP contribution in [0.4, 0.5) is 5.00 Å². The first-order valence-electron chi connectivity index (χ1n) is 16.3. The van der Waals surface area contributed by atoms with Gasteiger partial charge in [-0.25, -0.2) is 18.4 Å². The number of rotatable bonds is 14. The first-order valence-corrected chi connectivity index (χ1v) is 19.4. The molecule has 0 aliphatic heterocycles. The summed E-state index contributed by atoms with van der Waals surface area (Å²) in [4.78, 5) is 41.9. The minimum atomic E-state index is -4.05. The maximum Gasteiger partial charge on any atom is 0.251 e. The summed E-state index contributed by atoms with van der Waals surface area (Å²) in [5, 5.41) is 14.2. The number of thiazole rings is 1. The number of aliphatic hydroxyl groups excluding tert-OH is 1. The predicted octanol–water partition coefficient (Wildman–Crippen LogP) is 6.05. The lowest BCUT2D eigenvalue weighted by atomic mass is 9.87. The lowest BCUT2D eigenvalue weighted by molar-refractivity contribution is -0.120. The van der Waals surface area contributed by atoms with Gasteiger partial charge in [-0.15, -0.1) is 22.7 Å². The van der Waals surface area contributed by atoms with Crippen molar-refractivity contribution < 1.29 is 23.1 Å². The molecule has 0 radical (unpaired) electrons. The molecule has 3 unspecified atom stereocenters. The Labute approximate surface area is 304 Å². The quantitative estimate of drug-likeness (QED) is 0.123. The normalized spacial score (nSPS) is 13.7. The molecule has 6 aromatic rings. The fourth-order valence-corrected chi connectivity index (χ4v) is 9.70. The number of likely N-dealkylation sites (N-methyl/N-ethyl adjacent to an activating group) is 1. The minimum absolute atomic E-state index is 0.0453. The van der Waals surface area contributed by atoms with E-state index in [1.54, 1.807) is 67.3 Å². The molecule has 0 aliphatic carbocycles. The lowest BCUT2D eigenvalue weighted by Gasteiger charge is -2.31. The van der Waals surface area contributed by atoms with E-state index in [9.17, 15) is 23.1 Å². The second-order valence-corrected chi connectivity index (χ2v) is 16.3. The molecule has 0 fully saturated rings. The molecule has 3 atom stereocenters. The van der Waals surface area contributed by atoms with E-state index < -0.39 is 46.4 Å². The topological polar surface area (TPSA) is 149 Å². The zero-order chi connectivity index (χ0) is 36.1. The standard InChI is InChI=1S/C37H38N6O5S3/c1-24(2)20-43(51(47,48)27-14-15-28-32(18-27)49-23-40-28)30(21-44)31-16-17-33(50-31)42(3)37(46)35(41-36(45)26-12-8-5-9-13-26)34(29-19-38-22-39-29)25-10-6-4-7-11-25/h4-19,22-24,30,34-35,44H,20-21H2,1-3H3,(H,38,39)(H,41,45). The molecule has 0 aliphatic rings. The van der Waals surface area contributed by atoms with Crippen LogP contribution in [-0.4, -0.2) is 70.8 Å². The van der Waals surface area contributed by atoms with Gasteiger partial charge >= 0.3 is 0 Å². The van der Waals surface area contributed by atoms with E-state index in [1.807, 2.05) is 50.2 Å². The molecule has 0 saturated carbocycles. The van der Waals surface area contributed by atoms with Gasteiger partial charge < -0.3 is 20.3 Å². The SMILES string of the molecule is CC(C)CN(C(CO)c1ccc(N(C)C(=O)C(NC(=O)c2ccccc2)C(c2ccccc2)c2cnc[nH]2)s1)S(=O)(=O)c1ccc2ncsc2c1. The van der Waals surface area contributed by atoms with Crippen molar-refractivity contribution in [3.8, 4) is 0 Å². The van der Waals surface area contributed by atoms with E-state index in [4.69, 9.17) is 0 Å². The number of nitrogens with one attached hydrogen (secondary N) is 2. The fourth-order valence-electron chi connectivity index (χ4n) is 5.98. The third-order valence-electron chi connectivity index (χ3n) is 8.51.